The largest absolute Gasteiger partial charge is 0.260 e. The number of aliphatic imine (C=N–C) groups is 1. The Morgan fingerprint density at radius 2 is 1.52 bits per heavy atom. The van der Waals surface area contributed by atoms with Crippen LogP contribution in [0.15, 0.2) is 83.5 Å². The summed E-state index contributed by atoms with van der Waals surface area (Å²) in [6.07, 6.45) is 9.22. The van der Waals surface area contributed by atoms with Crippen LogP contribution in [0.2, 0.25) is 0 Å². The summed E-state index contributed by atoms with van der Waals surface area (Å²) >= 11 is 0. The number of allylic oxidation sites excluding steroid dienone is 3. The van der Waals surface area contributed by atoms with Crippen LogP contribution in [-0.4, -0.2) is 6.21 Å². The zero-order chi connectivity index (χ0) is 15.2. The van der Waals surface area contributed by atoms with Gasteiger partial charge in [-0.25, -0.2) is 0 Å². The lowest BCUT2D eigenvalue weighted by Crippen LogP contribution is -1.89. The molecule has 0 heterocycles. The molecule has 0 saturated carbocycles. The summed E-state index contributed by atoms with van der Waals surface area (Å²) in [5.41, 5.74) is 2.30. The predicted molar refractivity (Wildman–Crippen MR) is 99.6 cm³/mol. The van der Waals surface area contributed by atoms with Crippen LogP contribution in [0, 0.1) is 0 Å². The Kier molecular flexibility index (Phi) is 2.62. The van der Waals surface area contributed by atoms with Gasteiger partial charge in [0.1, 0.15) is 0 Å². The van der Waals surface area contributed by atoms with Gasteiger partial charge in [-0.15, -0.1) is 0 Å². The molecule has 0 aromatic heterocycles. The number of hydrogen-bond acceptors (Lipinski definition) is 1. The number of hydrogen-bond donors (Lipinski definition) is 0. The van der Waals surface area contributed by atoms with Crippen molar-refractivity contribution in [1.82, 2.24) is 0 Å². The maximum atomic E-state index is 4.65. The van der Waals surface area contributed by atoms with Crippen molar-refractivity contribution in [3.63, 3.8) is 0 Å². The maximum absolute atomic E-state index is 4.65. The van der Waals surface area contributed by atoms with Crippen molar-refractivity contribution in [3.05, 3.63) is 84.1 Å². The minimum absolute atomic E-state index is 0.933. The van der Waals surface area contributed by atoms with E-state index in [1.165, 1.54) is 37.9 Å². The number of rotatable bonds is 2. The van der Waals surface area contributed by atoms with Crippen LogP contribution in [-0.2, 0) is 0 Å². The highest BCUT2D eigenvalue weighted by molar-refractivity contribution is 6.25. The van der Waals surface area contributed by atoms with Gasteiger partial charge in [0.25, 0.3) is 0 Å². The third-order valence-electron chi connectivity index (χ3n) is 4.68. The first-order valence-corrected chi connectivity index (χ1v) is 7.96. The minimum Gasteiger partial charge on any atom is -0.260 e. The molecule has 0 radical (unpaired) electrons. The molecule has 0 fully saturated rings. The van der Waals surface area contributed by atoms with Crippen LogP contribution < -0.4 is 0 Å². The molecule has 1 aliphatic carbocycles. The summed E-state index contributed by atoms with van der Waals surface area (Å²) in [5, 5.41) is 7.89. The summed E-state index contributed by atoms with van der Waals surface area (Å²) in [6, 6.07) is 19.8. The van der Waals surface area contributed by atoms with E-state index in [-0.39, 0.29) is 0 Å². The smallest absolute Gasteiger partial charge is 0.0441 e. The van der Waals surface area contributed by atoms with E-state index < -0.39 is 0 Å². The topological polar surface area (TPSA) is 12.4 Å². The molecule has 23 heavy (non-hydrogen) atoms. The lowest BCUT2D eigenvalue weighted by Gasteiger charge is -2.12. The second-order valence-corrected chi connectivity index (χ2v) is 6.06. The molecule has 0 bridgehead atoms. The molecule has 4 aromatic rings. The van der Waals surface area contributed by atoms with Gasteiger partial charge in [0.05, 0.1) is 0 Å². The van der Waals surface area contributed by atoms with Gasteiger partial charge in [-0.3, -0.25) is 4.99 Å². The molecular formula is C22H15N. The second-order valence-electron chi connectivity index (χ2n) is 6.06. The van der Waals surface area contributed by atoms with Gasteiger partial charge < -0.3 is 0 Å². The van der Waals surface area contributed by atoms with E-state index in [1.54, 1.807) is 0 Å². The van der Waals surface area contributed by atoms with Crippen LogP contribution in [0.4, 0.5) is 0 Å². The monoisotopic (exact) mass is 293 g/mol. The normalized spacial score (nSPS) is 14.7. The Balaban J connectivity index is 1.80. The number of nitrogens with zero attached hydrogens (tertiary/aromatic N) is 1. The van der Waals surface area contributed by atoms with Crippen LogP contribution >= 0.6 is 0 Å². The highest BCUT2D eigenvalue weighted by Crippen LogP contribution is 2.35. The Bertz CT molecular complexity index is 1110. The van der Waals surface area contributed by atoms with Crippen molar-refractivity contribution in [2.45, 2.75) is 6.42 Å². The Morgan fingerprint density at radius 1 is 0.783 bits per heavy atom. The van der Waals surface area contributed by atoms with Crippen molar-refractivity contribution >= 4 is 38.5 Å². The molecule has 1 nitrogen and oxygen atoms in total. The van der Waals surface area contributed by atoms with E-state index in [0.29, 0.717) is 0 Å². The van der Waals surface area contributed by atoms with E-state index in [2.05, 4.69) is 77.8 Å². The minimum atomic E-state index is 0.933. The summed E-state index contributed by atoms with van der Waals surface area (Å²) in [6.45, 7) is 0. The molecular weight excluding hydrogens is 278 g/mol. The predicted octanol–water partition coefficient (Wildman–Crippen LogP) is 5.85. The van der Waals surface area contributed by atoms with Crippen LogP contribution in [0.1, 0.15) is 12.0 Å². The van der Waals surface area contributed by atoms with Gasteiger partial charge in [-0.1, -0.05) is 66.7 Å². The summed E-state index contributed by atoms with van der Waals surface area (Å²) in [7, 11) is 0. The molecule has 0 spiro atoms. The highest BCUT2D eigenvalue weighted by atomic mass is 14.7. The molecule has 0 atom stereocenters. The zero-order valence-electron chi connectivity index (χ0n) is 12.7. The molecule has 4 aromatic carbocycles. The standard InChI is InChI=1S/C22H15N/c1-2-7-19(6-1)23-14-18-11-10-17-9-8-15-4-3-5-16-12-13-20(18)22(17)21(15)16/h1-6,8-14H,7H2. The number of benzene rings is 4. The van der Waals surface area contributed by atoms with Crippen LogP contribution in [0.25, 0.3) is 32.3 Å². The van der Waals surface area contributed by atoms with Crippen LogP contribution in [0.5, 0.6) is 0 Å². The van der Waals surface area contributed by atoms with E-state index in [9.17, 15) is 0 Å². The van der Waals surface area contributed by atoms with Crippen molar-refractivity contribution in [3.8, 4) is 0 Å². The fourth-order valence-electron chi connectivity index (χ4n) is 3.55. The average molecular weight is 293 g/mol. The van der Waals surface area contributed by atoms with Gasteiger partial charge in [0.15, 0.2) is 0 Å². The fraction of sp³-hybridized carbons (Fsp3) is 0.0455. The lowest BCUT2D eigenvalue weighted by molar-refractivity contribution is 1.20. The molecule has 0 aliphatic heterocycles. The summed E-state index contributed by atoms with van der Waals surface area (Å²) < 4.78 is 0. The van der Waals surface area contributed by atoms with Gasteiger partial charge in [0, 0.05) is 23.9 Å². The molecule has 0 N–H and O–H groups in total. The Labute approximate surface area is 134 Å². The Morgan fingerprint density at radius 3 is 2.30 bits per heavy atom. The van der Waals surface area contributed by atoms with Gasteiger partial charge in [0.2, 0.25) is 0 Å². The van der Waals surface area contributed by atoms with E-state index in [1.807, 2.05) is 6.21 Å². The second kappa shape index (κ2) is 4.79. The van der Waals surface area contributed by atoms with Crippen LogP contribution in [0.3, 0.4) is 0 Å². The molecule has 0 unspecified atom stereocenters. The van der Waals surface area contributed by atoms with Crippen molar-refractivity contribution in [2.24, 2.45) is 4.99 Å². The quantitative estimate of drug-likeness (QED) is 0.325. The van der Waals surface area contributed by atoms with Gasteiger partial charge >= 0.3 is 0 Å². The van der Waals surface area contributed by atoms with E-state index >= 15 is 0 Å². The zero-order valence-corrected chi connectivity index (χ0v) is 12.7. The molecule has 0 amide bonds. The third-order valence-corrected chi connectivity index (χ3v) is 4.68. The highest BCUT2D eigenvalue weighted by Gasteiger charge is 2.09. The summed E-state index contributed by atoms with van der Waals surface area (Å²) in [5.74, 6) is 0. The first-order chi connectivity index (χ1) is 11.4. The average Bonchev–Trinajstić information content (AvgIpc) is 3.12. The van der Waals surface area contributed by atoms with E-state index in [0.717, 1.165) is 12.1 Å². The Hall–Kier alpha value is -2.93. The van der Waals surface area contributed by atoms with Crippen molar-refractivity contribution in [1.29, 1.82) is 0 Å². The first-order valence-electron chi connectivity index (χ1n) is 7.96. The van der Waals surface area contributed by atoms with Gasteiger partial charge in [-0.2, -0.15) is 0 Å². The summed E-state index contributed by atoms with van der Waals surface area (Å²) in [4.78, 5) is 4.65. The van der Waals surface area contributed by atoms with Gasteiger partial charge in [-0.05, 0) is 38.4 Å². The fourth-order valence-corrected chi connectivity index (χ4v) is 3.55. The molecule has 108 valence electrons. The first kappa shape index (κ1) is 12.6. The van der Waals surface area contributed by atoms with Crippen molar-refractivity contribution < 1.29 is 0 Å². The lowest BCUT2D eigenvalue weighted by atomic mass is 9.92. The van der Waals surface area contributed by atoms with Crippen molar-refractivity contribution in [2.75, 3.05) is 0 Å². The van der Waals surface area contributed by atoms with E-state index in [4.69, 9.17) is 0 Å². The third kappa shape index (κ3) is 1.90. The molecule has 1 aliphatic rings. The SMILES string of the molecule is C1=CCC(N=Cc2ccc3ccc4cccc5ccc2c3c45)=C1. The molecule has 5 rings (SSSR count). The maximum Gasteiger partial charge on any atom is 0.0441 e. The molecule has 0 saturated heterocycles. The molecule has 1 heteroatoms.